The molecule has 0 saturated carbocycles. The van der Waals surface area contributed by atoms with Crippen molar-refractivity contribution in [3.8, 4) is 11.4 Å². The van der Waals surface area contributed by atoms with E-state index in [4.69, 9.17) is 5.11 Å². The number of carboxylic acid groups (broad SMARTS) is 1. The topological polar surface area (TPSA) is 75.3 Å². The van der Waals surface area contributed by atoms with E-state index in [9.17, 15) is 9.90 Å². The summed E-state index contributed by atoms with van der Waals surface area (Å²) in [6.45, 7) is 5.81. The lowest BCUT2D eigenvalue weighted by atomic mass is 10.1. The molecule has 0 amide bonds. The van der Waals surface area contributed by atoms with Crippen LogP contribution >= 0.6 is 0 Å². The van der Waals surface area contributed by atoms with E-state index in [-0.39, 0.29) is 17.4 Å². The molecule has 0 atom stereocenters. The minimum Gasteiger partial charge on any atom is -0.508 e. The summed E-state index contributed by atoms with van der Waals surface area (Å²) in [7, 11) is 0. The van der Waals surface area contributed by atoms with Gasteiger partial charge in [0.1, 0.15) is 5.75 Å². The Kier molecular flexibility index (Phi) is 3.29. The third kappa shape index (κ3) is 2.45. The summed E-state index contributed by atoms with van der Waals surface area (Å²) < 4.78 is 1.63. The number of hydrogen-bond donors (Lipinski definition) is 2. The molecule has 0 unspecified atom stereocenters. The fourth-order valence-corrected chi connectivity index (χ4v) is 1.98. The van der Waals surface area contributed by atoms with Crippen molar-refractivity contribution in [3.05, 3.63) is 41.2 Å². The van der Waals surface area contributed by atoms with Crippen LogP contribution in [0.2, 0.25) is 0 Å². The molecule has 0 aliphatic heterocycles. The van der Waals surface area contributed by atoms with E-state index in [0.717, 1.165) is 16.9 Å². The number of phenols is 1. The smallest absolute Gasteiger partial charge is 0.356 e. The number of nitrogens with zero attached hydrogens (tertiary/aromatic N) is 2. The van der Waals surface area contributed by atoms with Crippen molar-refractivity contribution in [3.63, 3.8) is 0 Å². The number of benzene rings is 1. The highest BCUT2D eigenvalue weighted by Crippen LogP contribution is 2.24. The monoisotopic (exact) mass is 260 g/mol. The summed E-state index contributed by atoms with van der Waals surface area (Å²) in [5.41, 5.74) is 2.46. The molecule has 1 aromatic carbocycles. The molecule has 0 aliphatic carbocycles. The van der Waals surface area contributed by atoms with Gasteiger partial charge in [-0.2, -0.15) is 5.10 Å². The highest BCUT2D eigenvalue weighted by atomic mass is 16.4. The predicted molar refractivity (Wildman–Crippen MR) is 71.0 cm³/mol. The van der Waals surface area contributed by atoms with Gasteiger partial charge in [0, 0.05) is 5.69 Å². The van der Waals surface area contributed by atoms with E-state index in [2.05, 4.69) is 5.10 Å². The number of aromatic hydroxyl groups is 1. The highest BCUT2D eigenvalue weighted by Gasteiger charge is 2.17. The van der Waals surface area contributed by atoms with Gasteiger partial charge in [-0.05, 0) is 42.7 Å². The quantitative estimate of drug-likeness (QED) is 0.889. The summed E-state index contributed by atoms with van der Waals surface area (Å²) in [4.78, 5) is 11.0. The maximum Gasteiger partial charge on any atom is 0.356 e. The molecule has 0 aliphatic rings. The number of aryl methyl sites for hydroxylation is 1. The molecule has 2 N–H and O–H groups in total. The van der Waals surface area contributed by atoms with Crippen LogP contribution in [0.15, 0.2) is 24.3 Å². The van der Waals surface area contributed by atoms with Crippen molar-refractivity contribution in [2.24, 2.45) is 0 Å². The van der Waals surface area contributed by atoms with Crippen LogP contribution in [0, 0.1) is 6.92 Å². The first kappa shape index (κ1) is 13.1. The third-order valence-electron chi connectivity index (χ3n) is 2.96. The van der Waals surface area contributed by atoms with Gasteiger partial charge in [-0.3, -0.25) is 0 Å². The molecule has 1 heterocycles. The van der Waals surface area contributed by atoms with Crippen LogP contribution in [0.5, 0.6) is 5.75 Å². The Morgan fingerprint density at radius 1 is 1.32 bits per heavy atom. The van der Waals surface area contributed by atoms with Crippen molar-refractivity contribution in [2.45, 2.75) is 26.7 Å². The Hall–Kier alpha value is -2.30. The Morgan fingerprint density at radius 2 is 2.00 bits per heavy atom. The van der Waals surface area contributed by atoms with Gasteiger partial charge < -0.3 is 10.2 Å². The van der Waals surface area contributed by atoms with Gasteiger partial charge in [0.15, 0.2) is 5.69 Å². The fourth-order valence-electron chi connectivity index (χ4n) is 1.98. The number of rotatable bonds is 3. The first-order chi connectivity index (χ1) is 8.90. The Labute approximate surface area is 111 Å². The van der Waals surface area contributed by atoms with Crippen LogP contribution in [0.25, 0.3) is 5.69 Å². The molecule has 100 valence electrons. The minimum atomic E-state index is -1.04. The molecule has 0 fully saturated rings. The van der Waals surface area contributed by atoms with E-state index < -0.39 is 5.97 Å². The van der Waals surface area contributed by atoms with E-state index in [1.165, 1.54) is 0 Å². The Balaban J connectivity index is 2.63. The summed E-state index contributed by atoms with van der Waals surface area (Å²) >= 11 is 0. The maximum atomic E-state index is 11.0. The Morgan fingerprint density at radius 3 is 2.53 bits per heavy atom. The second-order valence-electron chi connectivity index (χ2n) is 4.80. The number of carboxylic acids is 1. The number of phenolic OH excluding ortho intramolecular Hbond substituents is 1. The van der Waals surface area contributed by atoms with Gasteiger partial charge in [-0.15, -0.1) is 0 Å². The summed E-state index contributed by atoms with van der Waals surface area (Å²) in [5, 5.41) is 22.6. The van der Waals surface area contributed by atoms with E-state index >= 15 is 0 Å². The van der Waals surface area contributed by atoms with Gasteiger partial charge in [0.2, 0.25) is 0 Å². The predicted octanol–water partition coefficient (Wildman–Crippen LogP) is 2.71. The molecule has 19 heavy (non-hydrogen) atoms. The number of aromatic nitrogens is 2. The van der Waals surface area contributed by atoms with Crippen LogP contribution in [0.4, 0.5) is 0 Å². The van der Waals surface area contributed by atoms with E-state index in [1.54, 1.807) is 28.9 Å². The Bertz CT molecular complexity index is 630. The molecule has 5 heteroatoms. The standard InChI is InChI=1S/C14H16N2O3/c1-8(2)13-7-11(14(18)19)15-16(13)12-5-4-10(17)6-9(12)3/h4-8,17H,1-3H3,(H,18,19). The largest absolute Gasteiger partial charge is 0.508 e. The fraction of sp³-hybridized carbons (Fsp3) is 0.286. The van der Waals surface area contributed by atoms with Crippen LogP contribution in [-0.2, 0) is 0 Å². The zero-order chi connectivity index (χ0) is 14.2. The first-order valence-electron chi connectivity index (χ1n) is 6.03. The molecule has 2 aromatic rings. The lowest BCUT2D eigenvalue weighted by Crippen LogP contribution is -2.06. The van der Waals surface area contributed by atoms with Crippen LogP contribution in [0.3, 0.4) is 0 Å². The molecule has 0 spiro atoms. The van der Waals surface area contributed by atoms with Crippen molar-refractivity contribution >= 4 is 5.97 Å². The van der Waals surface area contributed by atoms with Crippen LogP contribution in [0.1, 0.15) is 41.5 Å². The van der Waals surface area contributed by atoms with Crippen molar-refractivity contribution in [2.75, 3.05) is 0 Å². The number of hydrogen-bond acceptors (Lipinski definition) is 3. The third-order valence-corrected chi connectivity index (χ3v) is 2.96. The van der Waals surface area contributed by atoms with Gasteiger partial charge in [0.25, 0.3) is 0 Å². The molecule has 2 rings (SSSR count). The maximum absolute atomic E-state index is 11.0. The zero-order valence-electron chi connectivity index (χ0n) is 11.1. The van der Waals surface area contributed by atoms with Gasteiger partial charge in [-0.25, -0.2) is 9.48 Å². The molecule has 0 radical (unpaired) electrons. The van der Waals surface area contributed by atoms with E-state index in [0.29, 0.717) is 0 Å². The molecule has 1 aromatic heterocycles. The van der Waals surface area contributed by atoms with Gasteiger partial charge in [-0.1, -0.05) is 13.8 Å². The molecular formula is C14H16N2O3. The minimum absolute atomic E-state index is 0.0242. The van der Waals surface area contributed by atoms with Crippen molar-refractivity contribution in [1.29, 1.82) is 0 Å². The second kappa shape index (κ2) is 4.76. The normalized spacial score (nSPS) is 10.9. The first-order valence-corrected chi connectivity index (χ1v) is 6.03. The highest BCUT2D eigenvalue weighted by molar-refractivity contribution is 5.85. The van der Waals surface area contributed by atoms with Crippen molar-refractivity contribution < 1.29 is 15.0 Å². The summed E-state index contributed by atoms with van der Waals surface area (Å²) in [5.74, 6) is -0.719. The molecular weight excluding hydrogens is 244 g/mol. The average Bonchev–Trinajstić information content (AvgIpc) is 2.73. The SMILES string of the molecule is Cc1cc(O)ccc1-n1nc(C(=O)O)cc1C(C)C. The lowest BCUT2D eigenvalue weighted by molar-refractivity contribution is 0.0690. The summed E-state index contributed by atoms with van der Waals surface area (Å²) in [6, 6.07) is 6.50. The molecule has 0 bridgehead atoms. The van der Waals surface area contributed by atoms with Gasteiger partial charge in [0.05, 0.1) is 5.69 Å². The number of carbonyl (C=O) groups is 1. The zero-order valence-corrected chi connectivity index (χ0v) is 11.1. The summed E-state index contributed by atoms with van der Waals surface area (Å²) in [6.07, 6.45) is 0. The number of aromatic carboxylic acids is 1. The molecule has 0 saturated heterocycles. The van der Waals surface area contributed by atoms with Crippen LogP contribution in [-0.4, -0.2) is 26.0 Å². The van der Waals surface area contributed by atoms with Crippen LogP contribution < -0.4 is 0 Å². The van der Waals surface area contributed by atoms with Crippen molar-refractivity contribution in [1.82, 2.24) is 9.78 Å². The van der Waals surface area contributed by atoms with Gasteiger partial charge >= 0.3 is 5.97 Å². The average molecular weight is 260 g/mol. The lowest BCUT2D eigenvalue weighted by Gasteiger charge is -2.12. The second-order valence-corrected chi connectivity index (χ2v) is 4.80. The van der Waals surface area contributed by atoms with E-state index in [1.807, 2.05) is 20.8 Å². The molecule has 5 nitrogen and oxygen atoms in total.